The average Bonchev–Trinajstić information content (AvgIpc) is 3.25. The molecule has 2 aromatic carbocycles. The third-order valence-corrected chi connectivity index (χ3v) is 4.91. The fraction of sp³-hybridized carbons (Fsp3) is 0.280. The molecule has 6 nitrogen and oxygen atoms in total. The number of carbonyl (C=O) groups excluding carboxylic acids is 1. The van der Waals surface area contributed by atoms with Gasteiger partial charge >= 0.3 is 0 Å². The van der Waals surface area contributed by atoms with Crippen LogP contribution < -0.4 is 14.8 Å². The van der Waals surface area contributed by atoms with Crippen LogP contribution in [0.3, 0.4) is 0 Å². The highest BCUT2D eigenvalue weighted by molar-refractivity contribution is 5.92. The predicted octanol–water partition coefficient (Wildman–Crippen LogP) is 4.88. The fourth-order valence-electron chi connectivity index (χ4n) is 3.24. The molecule has 0 atom stereocenters. The largest absolute Gasteiger partial charge is 0.493 e. The van der Waals surface area contributed by atoms with Crippen molar-refractivity contribution in [3.63, 3.8) is 0 Å². The number of methoxy groups -OCH3 is 2. The van der Waals surface area contributed by atoms with Crippen molar-refractivity contribution in [2.45, 2.75) is 26.2 Å². The first-order valence-electron chi connectivity index (χ1n) is 10.5. The standard InChI is InChI=1S/C25H29N3O3/c1-4-5-9-16-26-24(29)15-13-20-18-28(21-10-7-6-8-11-21)27-25(20)19-12-14-22(30-2)23(17-19)31-3/h6-8,10-15,17-18H,4-5,9,16H2,1-3H3,(H,26,29)/b15-13+. The van der Waals surface area contributed by atoms with E-state index in [9.17, 15) is 4.79 Å². The number of amides is 1. The Morgan fingerprint density at radius 2 is 1.84 bits per heavy atom. The molecule has 0 fully saturated rings. The third kappa shape index (κ3) is 5.75. The molecule has 0 spiro atoms. The van der Waals surface area contributed by atoms with Gasteiger partial charge in [0.15, 0.2) is 11.5 Å². The first kappa shape index (κ1) is 22.2. The molecule has 0 saturated heterocycles. The van der Waals surface area contributed by atoms with Gasteiger partial charge in [-0.1, -0.05) is 38.0 Å². The van der Waals surface area contributed by atoms with Crippen molar-refractivity contribution in [1.82, 2.24) is 15.1 Å². The van der Waals surface area contributed by atoms with Gasteiger partial charge in [-0.05, 0) is 42.8 Å². The van der Waals surface area contributed by atoms with Crippen molar-refractivity contribution in [3.05, 3.63) is 66.4 Å². The normalized spacial score (nSPS) is 10.9. The minimum absolute atomic E-state index is 0.109. The Morgan fingerprint density at radius 1 is 1.06 bits per heavy atom. The summed E-state index contributed by atoms with van der Waals surface area (Å²) in [5.74, 6) is 1.16. The molecular formula is C25H29N3O3. The van der Waals surface area contributed by atoms with Gasteiger partial charge < -0.3 is 14.8 Å². The molecule has 0 aliphatic heterocycles. The van der Waals surface area contributed by atoms with Crippen molar-refractivity contribution in [2.75, 3.05) is 20.8 Å². The summed E-state index contributed by atoms with van der Waals surface area (Å²) in [6, 6.07) is 15.5. The lowest BCUT2D eigenvalue weighted by Gasteiger charge is -2.09. The van der Waals surface area contributed by atoms with Crippen molar-refractivity contribution in [2.24, 2.45) is 0 Å². The van der Waals surface area contributed by atoms with E-state index in [0.29, 0.717) is 18.0 Å². The molecule has 1 heterocycles. The lowest BCUT2D eigenvalue weighted by atomic mass is 10.1. The highest BCUT2D eigenvalue weighted by Crippen LogP contribution is 2.33. The van der Waals surface area contributed by atoms with Crippen LogP contribution >= 0.6 is 0 Å². The van der Waals surface area contributed by atoms with Crippen LogP contribution in [0.5, 0.6) is 11.5 Å². The SMILES string of the molecule is CCCCCNC(=O)/C=C/c1cn(-c2ccccc2)nc1-c1ccc(OC)c(OC)c1. The zero-order valence-corrected chi connectivity index (χ0v) is 18.3. The van der Waals surface area contributed by atoms with Gasteiger partial charge in [0.05, 0.1) is 19.9 Å². The number of benzene rings is 2. The van der Waals surface area contributed by atoms with Gasteiger partial charge in [0.2, 0.25) is 5.91 Å². The number of aromatic nitrogens is 2. The summed E-state index contributed by atoms with van der Waals surface area (Å²) >= 11 is 0. The number of ether oxygens (including phenoxy) is 2. The number of hydrogen-bond donors (Lipinski definition) is 1. The Kier molecular flexibility index (Phi) is 7.87. The van der Waals surface area contributed by atoms with Gasteiger partial charge in [-0.2, -0.15) is 5.10 Å². The van der Waals surface area contributed by atoms with E-state index >= 15 is 0 Å². The van der Waals surface area contributed by atoms with Crippen molar-refractivity contribution in [1.29, 1.82) is 0 Å². The summed E-state index contributed by atoms with van der Waals surface area (Å²) < 4.78 is 12.6. The summed E-state index contributed by atoms with van der Waals surface area (Å²) in [7, 11) is 3.21. The van der Waals surface area contributed by atoms with Crippen LogP contribution in [0.15, 0.2) is 60.8 Å². The van der Waals surface area contributed by atoms with Crippen LogP contribution in [0.4, 0.5) is 0 Å². The van der Waals surface area contributed by atoms with E-state index in [1.807, 2.05) is 59.4 Å². The summed E-state index contributed by atoms with van der Waals surface area (Å²) in [5.41, 5.74) is 3.39. The smallest absolute Gasteiger partial charge is 0.244 e. The highest BCUT2D eigenvalue weighted by atomic mass is 16.5. The maximum Gasteiger partial charge on any atom is 0.244 e. The molecule has 3 aromatic rings. The number of hydrogen-bond acceptors (Lipinski definition) is 4. The topological polar surface area (TPSA) is 65.4 Å². The van der Waals surface area contributed by atoms with Gasteiger partial charge in [-0.3, -0.25) is 4.79 Å². The first-order chi connectivity index (χ1) is 15.2. The molecule has 6 heteroatoms. The van der Waals surface area contributed by atoms with Crippen molar-refractivity contribution < 1.29 is 14.3 Å². The minimum atomic E-state index is -0.109. The molecule has 0 aliphatic rings. The molecule has 0 bridgehead atoms. The third-order valence-electron chi connectivity index (χ3n) is 4.91. The zero-order valence-electron chi connectivity index (χ0n) is 18.3. The highest BCUT2D eigenvalue weighted by Gasteiger charge is 2.14. The number of carbonyl (C=O) groups is 1. The molecule has 162 valence electrons. The fourth-order valence-corrected chi connectivity index (χ4v) is 3.24. The van der Waals surface area contributed by atoms with E-state index in [-0.39, 0.29) is 5.91 Å². The predicted molar refractivity (Wildman–Crippen MR) is 124 cm³/mol. The Morgan fingerprint density at radius 3 is 2.55 bits per heavy atom. The van der Waals surface area contributed by atoms with Crippen LogP contribution in [0, 0.1) is 0 Å². The molecule has 0 aliphatic carbocycles. The van der Waals surface area contributed by atoms with Gasteiger partial charge in [0, 0.05) is 29.9 Å². The Hall–Kier alpha value is -3.54. The van der Waals surface area contributed by atoms with E-state index in [0.717, 1.165) is 41.8 Å². The number of nitrogens with zero attached hydrogens (tertiary/aromatic N) is 2. The van der Waals surface area contributed by atoms with E-state index in [1.165, 1.54) is 0 Å². The van der Waals surface area contributed by atoms with Crippen LogP contribution in [0.1, 0.15) is 31.7 Å². The van der Waals surface area contributed by atoms with Crippen LogP contribution in [-0.2, 0) is 4.79 Å². The van der Waals surface area contributed by atoms with Gasteiger partial charge in [0.1, 0.15) is 5.69 Å². The molecule has 0 radical (unpaired) electrons. The monoisotopic (exact) mass is 419 g/mol. The van der Waals surface area contributed by atoms with Gasteiger partial charge in [0.25, 0.3) is 0 Å². The van der Waals surface area contributed by atoms with Crippen LogP contribution in [-0.4, -0.2) is 36.5 Å². The quantitative estimate of drug-likeness (QED) is 0.376. The lowest BCUT2D eigenvalue weighted by molar-refractivity contribution is -0.116. The van der Waals surface area contributed by atoms with Crippen LogP contribution in [0.2, 0.25) is 0 Å². The van der Waals surface area contributed by atoms with E-state index < -0.39 is 0 Å². The number of para-hydroxylation sites is 1. The average molecular weight is 420 g/mol. The van der Waals surface area contributed by atoms with E-state index in [2.05, 4.69) is 12.2 Å². The van der Waals surface area contributed by atoms with Crippen molar-refractivity contribution in [3.8, 4) is 28.4 Å². The Bertz CT molecular complexity index is 1030. The molecule has 1 aromatic heterocycles. The maximum absolute atomic E-state index is 12.2. The number of rotatable bonds is 10. The van der Waals surface area contributed by atoms with Crippen molar-refractivity contribution >= 4 is 12.0 Å². The number of unbranched alkanes of at least 4 members (excludes halogenated alkanes) is 2. The Labute approximate surface area is 183 Å². The summed E-state index contributed by atoms with van der Waals surface area (Å²) in [6.07, 6.45) is 8.49. The molecule has 1 N–H and O–H groups in total. The van der Waals surface area contributed by atoms with E-state index in [4.69, 9.17) is 14.6 Å². The minimum Gasteiger partial charge on any atom is -0.493 e. The second kappa shape index (κ2) is 11.0. The number of nitrogens with one attached hydrogen (secondary N) is 1. The Balaban J connectivity index is 1.93. The molecule has 1 amide bonds. The van der Waals surface area contributed by atoms with Gasteiger partial charge in [-0.15, -0.1) is 0 Å². The molecule has 0 unspecified atom stereocenters. The van der Waals surface area contributed by atoms with Crippen LogP contribution in [0.25, 0.3) is 23.0 Å². The lowest BCUT2D eigenvalue weighted by Crippen LogP contribution is -2.21. The second-order valence-electron chi connectivity index (χ2n) is 7.11. The van der Waals surface area contributed by atoms with E-state index in [1.54, 1.807) is 26.4 Å². The molecule has 0 saturated carbocycles. The second-order valence-corrected chi connectivity index (χ2v) is 7.11. The molecule has 3 rings (SSSR count). The summed E-state index contributed by atoms with van der Waals surface area (Å²) in [4.78, 5) is 12.2. The maximum atomic E-state index is 12.2. The summed E-state index contributed by atoms with van der Waals surface area (Å²) in [5, 5.41) is 7.71. The summed E-state index contributed by atoms with van der Waals surface area (Å²) in [6.45, 7) is 2.82. The molecular weight excluding hydrogens is 390 g/mol. The first-order valence-corrected chi connectivity index (χ1v) is 10.5. The zero-order chi connectivity index (χ0) is 22.1. The molecule has 31 heavy (non-hydrogen) atoms. The van der Waals surface area contributed by atoms with Gasteiger partial charge in [-0.25, -0.2) is 4.68 Å².